The van der Waals surface area contributed by atoms with E-state index < -0.39 is 10.1 Å². The van der Waals surface area contributed by atoms with Crippen molar-refractivity contribution in [1.82, 2.24) is 5.32 Å². The van der Waals surface area contributed by atoms with Crippen LogP contribution in [0.1, 0.15) is 5.56 Å². The third kappa shape index (κ3) is 3.52. The average molecular weight is 271 g/mol. The van der Waals surface area contributed by atoms with Crippen LogP contribution in [0.3, 0.4) is 0 Å². The summed E-state index contributed by atoms with van der Waals surface area (Å²) in [6.07, 6.45) is -0.209. The summed E-state index contributed by atoms with van der Waals surface area (Å²) in [5, 5.41) is 3.12. The molecule has 0 saturated carbocycles. The molecule has 1 aromatic rings. The summed E-state index contributed by atoms with van der Waals surface area (Å²) < 4.78 is 34.2. The van der Waals surface area contributed by atoms with Gasteiger partial charge in [0.05, 0.1) is 24.2 Å². The topological polar surface area (TPSA) is 64.6 Å². The Hall–Kier alpha value is -0.950. The van der Waals surface area contributed by atoms with E-state index in [4.69, 9.17) is 8.92 Å². The molecule has 5 nitrogen and oxygen atoms in total. The summed E-state index contributed by atoms with van der Waals surface area (Å²) in [5.74, 6) is 0. The summed E-state index contributed by atoms with van der Waals surface area (Å²) in [6.45, 7) is 3.94. The van der Waals surface area contributed by atoms with Crippen molar-refractivity contribution < 1.29 is 17.3 Å². The maximum Gasteiger partial charge on any atom is 0.297 e. The van der Waals surface area contributed by atoms with Crippen LogP contribution in [-0.4, -0.2) is 40.8 Å². The van der Waals surface area contributed by atoms with Crippen molar-refractivity contribution in [1.29, 1.82) is 0 Å². The predicted molar refractivity (Wildman–Crippen MR) is 66.9 cm³/mol. The highest BCUT2D eigenvalue weighted by Gasteiger charge is 2.20. The molecule has 0 radical (unpaired) electrons. The first-order chi connectivity index (χ1) is 8.58. The van der Waals surface area contributed by atoms with E-state index in [1.54, 1.807) is 24.3 Å². The van der Waals surface area contributed by atoms with Gasteiger partial charge in [-0.3, -0.25) is 4.18 Å². The lowest BCUT2D eigenvalue weighted by atomic mass is 10.2. The monoisotopic (exact) mass is 271 g/mol. The Morgan fingerprint density at radius 3 is 2.72 bits per heavy atom. The predicted octanol–water partition coefficient (Wildman–Crippen LogP) is 0.689. The molecule has 1 atom stereocenters. The molecule has 1 heterocycles. The molecule has 1 N–H and O–H groups in total. The molecule has 2 rings (SSSR count). The van der Waals surface area contributed by atoms with Gasteiger partial charge in [-0.1, -0.05) is 17.7 Å². The van der Waals surface area contributed by atoms with Crippen LogP contribution in [-0.2, 0) is 19.0 Å². The first-order valence-electron chi connectivity index (χ1n) is 5.86. The Bertz CT molecular complexity index is 477. The summed E-state index contributed by atoms with van der Waals surface area (Å²) in [5.41, 5.74) is 1.01. The number of hydrogen-bond acceptors (Lipinski definition) is 5. The van der Waals surface area contributed by atoms with Crippen molar-refractivity contribution >= 4 is 10.1 Å². The molecule has 1 aliphatic heterocycles. The molecular weight excluding hydrogens is 254 g/mol. The van der Waals surface area contributed by atoms with E-state index in [0.29, 0.717) is 13.2 Å². The second-order valence-electron chi connectivity index (χ2n) is 4.25. The zero-order valence-electron chi connectivity index (χ0n) is 10.3. The van der Waals surface area contributed by atoms with E-state index >= 15 is 0 Å². The molecule has 1 fully saturated rings. The molecule has 0 unspecified atom stereocenters. The molecule has 0 spiro atoms. The lowest BCUT2D eigenvalue weighted by Crippen LogP contribution is -2.41. The van der Waals surface area contributed by atoms with Gasteiger partial charge in [0.1, 0.15) is 0 Å². The van der Waals surface area contributed by atoms with Gasteiger partial charge < -0.3 is 10.1 Å². The maximum absolute atomic E-state index is 11.9. The SMILES string of the molecule is Cc1ccc(S(=O)(=O)OC[C@H]2CNCCO2)cc1. The zero-order chi connectivity index (χ0) is 13.0. The lowest BCUT2D eigenvalue weighted by Gasteiger charge is -2.23. The third-order valence-electron chi connectivity index (χ3n) is 2.72. The number of aryl methyl sites for hydroxylation is 1. The van der Waals surface area contributed by atoms with E-state index in [1.165, 1.54) is 0 Å². The minimum Gasteiger partial charge on any atom is -0.373 e. The minimum atomic E-state index is -3.68. The molecule has 1 aliphatic rings. The zero-order valence-corrected chi connectivity index (χ0v) is 11.1. The summed E-state index contributed by atoms with van der Waals surface area (Å²) in [4.78, 5) is 0.178. The molecule has 0 amide bonds. The molecule has 0 aliphatic carbocycles. The fourth-order valence-corrected chi connectivity index (χ4v) is 2.60. The second kappa shape index (κ2) is 5.79. The maximum atomic E-state index is 11.9. The normalized spacial score (nSPS) is 20.8. The van der Waals surface area contributed by atoms with Gasteiger partial charge in [0.15, 0.2) is 0 Å². The van der Waals surface area contributed by atoms with Crippen molar-refractivity contribution in [2.45, 2.75) is 17.9 Å². The molecule has 0 aromatic heterocycles. The van der Waals surface area contributed by atoms with Gasteiger partial charge in [-0.2, -0.15) is 8.42 Å². The Kier molecular flexibility index (Phi) is 4.34. The van der Waals surface area contributed by atoms with Gasteiger partial charge in [-0.25, -0.2) is 0 Å². The Balaban J connectivity index is 1.96. The van der Waals surface area contributed by atoms with Crippen LogP contribution in [0.5, 0.6) is 0 Å². The number of nitrogens with one attached hydrogen (secondary N) is 1. The molecular formula is C12H17NO4S. The molecule has 1 saturated heterocycles. The van der Waals surface area contributed by atoms with Crippen LogP contribution in [0.4, 0.5) is 0 Å². The smallest absolute Gasteiger partial charge is 0.297 e. The first kappa shape index (κ1) is 13.5. The van der Waals surface area contributed by atoms with Gasteiger partial charge in [0.25, 0.3) is 10.1 Å². The highest BCUT2D eigenvalue weighted by molar-refractivity contribution is 7.86. The number of morpholine rings is 1. The van der Waals surface area contributed by atoms with Crippen molar-refractivity contribution in [2.75, 3.05) is 26.3 Å². The van der Waals surface area contributed by atoms with Crippen LogP contribution >= 0.6 is 0 Å². The van der Waals surface area contributed by atoms with Crippen LogP contribution in [0.25, 0.3) is 0 Å². The van der Waals surface area contributed by atoms with Crippen molar-refractivity contribution in [3.8, 4) is 0 Å². The van der Waals surface area contributed by atoms with Gasteiger partial charge >= 0.3 is 0 Å². The quantitative estimate of drug-likeness (QED) is 0.816. The Labute approximate surface area is 107 Å². The van der Waals surface area contributed by atoms with E-state index in [2.05, 4.69) is 5.32 Å². The van der Waals surface area contributed by atoms with Crippen LogP contribution < -0.4 is 5.32 Å². The fourth-order valence-electron chi connectivity index (χ4n) is 1.67. The van der Waals surface area contributed by atoms with E-state index in [9.17, 15) is 8.42 Å². The standard InChI is InChI=1S/C12H17NO4S/c1-10-2-4-12(5-3-10)18(14,15)17-9-11-8-13-6-7-16-11/h2-5,11,13H,6-9H2,1H3/t11-/m1/s1. The van der Waals surface area contributed by atoms with Crippen LogP contribution in [0.2, 0.25) is 0 Å². The van der Waals surface area contributed by atoms with Gasteiger partial charge in [-0.05, 0) is 19.1 Å². The summed E-state index contributed by atoms with van der Waals surface area (Å²) >= 11 is 0. The number of hydrogen-bond donors (Lipinski definition) is 1. The van der Waals surface area contributed by atoms with Crippen molar-refractivity contribution in [3.05, 3.63) is 29.8 Å². The lowest BCUT2D eigenvalue weighted by molar-refractivity contribution is 0.00158. The largest absolute Gasteiger partial charge is 0.373 e. The summed E-state index contributed by atoms with van der Waals surface area (Å²) in [7, 11) is -3.68. The average Bonchev–Trinajstić information content (AvgIpc) is 2.38. The van der Waals surface area contributed by atoms with Crippen molar-refractivity contribution in [2.24, 2.45) is 0 Å². The number of rotatable bonds is 4. The van der Waals surface area contributed by atoms with E-state index in [0.717, 1.165) is 12.1 Å². The highest BCUT2D eigenvalue weighted by atomic mass is 32.2. The first-order valence-corrected chi connectivity index (χ1v) is 7.27. The third-order valence-corrected chi connectivity index (χ3v) is 4.02. The second-order valence-corrected chi connectivity index (χ2v) is 5.86. The highest BCUT2D eigenvalue weighted by Crippen LogP contribution is 2.14. The van der Waals surface area contributed by atoms with Gasteiger partial charge in [0.2, 0.25) is 0 Å². The Morgan fingerprint density at radius 2 is 2.11 bits per heavy atom. The van der Waals surface area contributed by atoms with E-state index in [-0.39, 0.29) is 17.6 Å². The van der Waals surface area contributed by atoms with Crippen LogP contribution in [0, 0.1) is 6.92 Å². The summed E-state index contributed by atoms with van der Waals surface area (Å²) in [6, 6.07) is 6.58. The molecule has 100 valence electrons. The van der Waals surface area contributed by atoms with Gasteiger partial charge in [0, 0.05) is 13.1 Å². The van der Waals surface area contributed by atoms with Crippen LogP contribution in [0.15, 0.2) is 29.2 Å². The number of ether oxygens (including phenoxy) is 1. The van der Waals surface area contributed by atoms with Gasteiger partial charge in [-0.15, -0.1) is 0 Å². The molecule has 0 bridgehead atoms. The molecule has 18 heavy (non-hydrogen) atoms. The minimum absolute atomic E-state index is 0.0449. The number of benzene rings is 1. The molecule has 1 aromatic carbocycles. The van der Waals surface area contributed by atoms with E-state index in [1.807, 2.05) is 6.92 Å². The van der Waals surface area contributed by atoms with Crippen molar-refractivity contribution in [3.63, 3.8) is 0 Å². The fraction of sp³-hybridized carbons (Fsp3) is 0.500. The Morgan fingerprint density at radius 1 is 1.39 bits per heavy atom. The molecule has 6 heteroatoms.